The smallest absolute Gasteiger partial charge is 0.337 e. The summed E-state index contributed by atoms with van der Waals surface area (Å²) in [6, 6.07) is 3.89. The van der Waals surface area contributed by atoms with Gasteiger partial charge in [0.1, 0.15) is 0 Å². The molecule has 0 heterocycles. The van der Waals surface area contributed by atoms with Crippen molar-refractivity contribution in [1.29, 1.82) is 0 Å². The SMILES string of the molecule is CN(CCCCCO)C(=O)Nc1ccc(Cl)cc1C(=O)O. The van der Waals surface area contributed by atoms with Crippen molar-refractivity contribution in [2.75, 3.05) is 25.5 Å². The molecule has 7 heteroatoms. The lowest BCUT2D eigenvalue weighted by atomic mass is 10.2. The number of carboxylic acids is 1. The Bertz CT molecular complexity index is 508. The maximum atomic E-state index is 12.0. The monoisotopic (exact) mass is 314 g/mol. The zero-order valence-corrected chi connectivity index (χ0v) is 12.6. The fraction of sp³-hybridized carbons (Fsp3) is 0.429. The molecule has 21 heavy (non-hydrogen) atoms. The van der Waals surface area contributed by atoms with Crippen LogP contribution in [-0.2, 0) is 0 Å². The van der Waals surface area contributed by atoms with Crippen molar-refractivity contribution in [3.05, 3.63) is 28.8 Å². The van der Waals surface area contributed by atoms with Crippen LogP contribution < -0.4 is 5.32 Å². The summed E-state index contributed by atoms with van der Waals surface area (Å²) in [6.07, 6.45) is 2.31. The molecule has 116 valence electrons. The first kappa shape index (κ1) is 17.3. The summed E-state index contributed by atoms with van der Waals surface area (Å²) in [7, 11) is 1.63. The normalized spacial score (nSPS) is 10.2. The van der Waals surface area contributed by atoms with E-state index in [1.54, 1.807) is 7.05 Å². The lowest BCUT2D eigenvalue weighted by Crippen LogP contribution is -2.32. The van der Waals surface area contributed by atoms with Crippen LogP contribution in [0.1, 0.15) is 29.6 Å². The number of nitrogens with zero attached hydrogens (tertiary/aromatic N) is 1. The second-order valence-electron chi connectivity index (χ2n) is 4.63. The number of halogens is 1. The molecule has 1 aromatic rings. The zero-order chi connectivity index (χ0) is 15.8. The van der Waals surface area contributed by atoms with E-state index >= 15 is 0 Å². The van der Waals surface area contributed by atoms with Gasteiger partial charge in [0.15, 0.2) is 0 Å². The van der Waals surface area contributed by atoms with Gasteiger partial charge in [0.05, 0.1) is 11.3 Å². The number of aliphatic hydroxyl groups is 1. The van der Waals surface area contributed by atoms with Crippen LogP contribution in [0.5, 0.6) is 0 Å². The second-order valence-corrected chi connectivity index (χ2v) is 5.07. The van der Waals surface area contributed by atoms with Crippen molar-refractivity contribution >= 4 is 29.3 Å². The molecule has 2 amide bonds. The number of aromatic carboxylic acids is 1. The number of benzene rings is 1. The number of rotatable bonds is 7. The van der Waals surface area contributed by atoms with Crippen molar-refractivity contribution in [3.63, 3.8) is 0 Å². The van der Waals surface area contributed by atoms with Gasteiger partial charge >= 0.3 is 12.0 Å². The Kier molecular flexibility index (Phi) is 6.98. The third kappa shape index (κ3) is 5.61. The summed E-state index contributed by atoms with van der Waals surface area (Å²) < 4.78 is 0. The molecule has 0 aromatic heterocycles. The zero-order valence-electron chi connectivity index (χ0n) is 11.8. The molecule has 0 aliphatic heterocycles. The van der Waals surface area contributed by atoms with Crippen LogP contribution in [0.25, 0.3) is 0 Å². The van der Waals surface area contributed by atoms with Gasteiger partial charge in [0.2, 0.25) is 0 Å². The Balaban J connectivity index is 2.64. The third-order valence-electron chi connectivity index (χ3n) is 2.95. The summed E-state index contributed by atoms with van der Waals surface area (Å²) in [5.74, 6) is -1.15. The number of carbonyl (C=O) groups excluding carboxylic acids is 1. The highest BCUT2D eigenvalue weighted by atomic mass is 35.5. The van der Waals surface area contributed by atoms with Crippen molar-refractivity contribution < 1.29 is 19.8 Å². The van der Waals surface area contributed by atoms with Crippen LogP contribution in [0.2, 0.25) is 5.02 Å². The first-order valence-electron chi connectivity index (χ1n) is 6.61. The Labute approximate surface area is 128 Å². The van der Waals surface area contributed by atoms with Crippen molar-refractivity contribution in [3.8, 4) is 0 Å². The molecule has 0 fully saturated rings. The summed E-state index contributed by atoms with van der Waals surface area (Å²) >= 11 is 5.75. The van der Waals surface area contributed by atoms with Gasteiger partial charge in [-0.2, -0.15) is 0 Å². The maximum Gasteiger partial charge on any atom is 0.337 e. The number of amides is 2. The lowest BCUT2D eigenvalue weighted by molar-refractivity contribution is 0.0698. The highest BCUT2D eigenvalue weighted by Crippen LogP contribution is 2.21. The van der Waals surface area contributed by atoms with Crippen LogP contribution in [0.4, 0.5) is 10.5 Å². The number of aliphatic hydroxyl groups excluding tert-OH is 1. The average molecular weight is 315 g/mol. The Hall–Kier alpha value is -1.79. The average Bonchev–Trinajstić information content (AvgIpc) is 2.44. The molecular weight excluding hydrogens is 296 g/mol. The highest BCUT2D eigenvalue weighted by Gasteiger charge is 2.15. The first-order valence-corrected chi connectivity index (χ1v) is 6.99. The van der Waals surface area contributed by atoms with Gasteiger partial charge in [-0.25, -0.2) is 9.59 Å². The van der Waals surface area contributed by atoms with E-state index < -0.39 is 5.97 Å². The van der Waals surface area contributed by atoms with Crippen LogP contribution in [0.3, 0.4) is 0 Å². The largest absolute Gasteiger partial charge is 0.478 e. The van der Waals surface area contributed by atoms with Crippen LogP contribution in [0, 0.1) is 0 Å². The molecule has 0 saturated carbocycles. The molecule has 1 aromatic carbocycles. The van der Waals surface area contributed by atoms with Gasteiger partial charge in [-0.3, -0.25) is 0 Å². The topological polar surface area (TPSA) is 89.9 Å². The molecule has 0 aliphatic carbocycles. The van der Waals surface area contributed by atoms with Crippen molar-refractivity contribution in [2.24, 2.45) is 0 Å². The van der Waals surface area contributed by atoms with E-state index in [0.29, 0.717) is 18.0 Å². The molecule has 0 aliphatic rings. The number of hydrogen-bond donors (Lipinski definition) is 3. The standard InChI is InChI=1S/C14H19ClN2O4/c1-17(7-3-2-4-8-18)14(21)16-12-6-5-10(15)9-11(12)13(19)20/h5-6,9,18H,2-4,7-8H2,1H3,(H,16,21)(H,19,20). The van der Waals surface area contributed by atoms with Gasteiger partial charge in [0, 0.05) is 25.2 Å². The molecule has 0 radical (unpaired) electrons. The second kappa shape index (κ2) is 8.49. The van der Waals surface area contributed by atoms with Gasteiger partial charge in [-0.15, -0.1) is 0 Å². The van der Waals surface area contributed by atoms with Gasteiger partial charge < -0.3 is 20.4 Å². The summed E-state index contributed by atoms with van der Waals surface area (Å²) in [6.45, 7) is 0.671. The van der Waals surface area contributed by atoms with Crippen LogP contribution in [-0.4, -0.2) is 47.3 Å². The molecule has 0 saturated heterocycles. The minimum Gasteiger partial charge on any atom is -0.478 e. The van der Waals surface area contributed by atoms with E-state index in [4.69, 9.17) is 21.8 Å². The number of nitrogens with one attached hydrogen (secondary N) is 1. The number of urea groups is 1. The Morgan fingerprint density at radius 3 is 2.62 bits per heavy atom. The minimum absolute atomic E-state index is 0.0514. The lowest BCUT2D eigenvalue weighted by Gasteiger charge is -2.18. The number of carbonyl (C=O) groups is 2. The quantitative estimate of drug-likeness (QED) is 0.675. The first-order chi connectivity index (χ1) is 9.95. The van der Waals surface area contributed by atoms with E-state index in [1.165, 1.54) is 23.1 Å². The minimum atomic E-state index is -1.15. The van der Waals surface area contributed by atoms with E-state index in [2.05, 4.69) is 5.32 Å². The van der Waals surface area contributed by atoms with Crippen LogP contribution in [0.15, 0.2) is 18.2 Å². The van der Waals surface area contributed by atoms with Gasteiger partial charge in [0.25, 0.3) is 0 Å². The molecule has 0 bridgehead atoms. The molecular formula is C14H19ClN2O4. The predicted molar refractivity (Wildman–Crippen MR) is 81.0 cm³/mol. The summed E-state index contributed by atoms with van der Waals surface area (Å²) in [5, 5.41) is 20.6. The maximum absolute atomic E-state index is 12.0. The number of hydrogen-bond acceptors (Lipinski definition) is 3. The van der Waals surface area contributed by atoms with Gasteiger partial charge in [-0.05, 0) is 37.5 Å². The molecule has 1 rings (SSSR count). The van der Waals surface area contributed by atoms with E-state index in [9.17, 15) is 9.59 Å². The fourth-order valence-electron chi connectivity index (χ4n) is 1.75. The molecule has 3 N–H and O–H groups in total. The number of anilines is 1. The third-order valence-corrected chi connectivity index (χ3v) is 3.19. The molecule has 0 atom stereocenters. The number of carboxylic acid groups (broad SMARTS) is 1. The predicted octanol–water partition coefficient (Wildman–Crippen LogP) is 2.66. The highest BCUT2D eigenvalue weighted by molar-refractivity contribution is 6.31. The Morgan fingerprint density at radius 1 is 1.29 bits per heavy atom. The molecule has 0 unspecified atom stereocenters. The van der Waals surface area contributed by atoms with Gasteiger partial charge in [-0.1, -0.05) is 11.6 Å². The fourth-order valence-corrected chi connectivity index (χ4v) is 1.92. The van der Waals surface area contributed by atoms with Crippen LogP contribution >= 0.6 is 11.6 Å². The summed E-state index contributed by atoms with van der Waals surface area (Å²) in [5.41, 5.74) is 0.156. The molecule has 0 spiro atoms. The summed E-state index contributed by atoms with van der Waals surface area (Å²) in [4.78, 5) is 24.6. The van der Waals surface area contributed by atoms with E-state index in [-0.39, 0.29) is 23.9 Å². The van der Waals surface area contributed by atoms with Crippen molar-refractivity contribution in [2.45, 2.75) is 19.3 Å². The Morgan fingerprint density at radius 2 is 2.00 bits per heavy atom. The molecule has 6 nitrogen and oxygen atoms in total. The van der Waals surface area contributed by atoms with E-state index in [1.807, 2.05) is 0 Å². The number of unbranched alkanes of at least 4 members (excludes halogenated alkanes) is 2. The van der Waals surface area contributed by atoms with E-state index in [0.717, 1.165) is 12.8 Å². The van der Waals surface area contributed by atoms with Crippen molar-refractivity contribution in [1.82, 2.24) is 4.90 Å².